The van der Waals surface area contributed by atoms with Gasteiger partial charge in [-0.05, 0) is 40.6 Å². The fourth-order valence-electron chi connectivity index (χ4n) is 2.48. The minimum Gasteiger partial charge on any atom is -0.384 e. The highest BCUT2D eigenvalue weighted by atomic mass is 79.9. The van der Waals surface area contributed by atoms with Crippen molar-refractivity contribution in [1.82, 2.24) is 4.98 Å². The molecule has 0 spiro atoms. The largest absolute Gasteiger partial charge is 0.384 e. The molecule has 1 aliphatic rings. The molecule has 4 heteroatoms. The maximum atomic E-state index is 10.8. The van der Waals surface area contributed by atoms with Crippen LogP contribution in [0.1, 0.15) is 38.0 Å². The lowest BCUT2D eigenvalue weighted by molar-refractivity contribution is -0.0666. The van der Waals surface area contributed by atoms with Crippen LogP contribution in [0.25, 0.3) is 0 Å². The fourth-order valence-corrected chi connectivity index (χ4v) is 4.24. The number of hydrogen-bond donors (Lipinski definition) is 1. The van der Waals surface area contributed by atoms with Crippen molar-refractivity contribution in [2.75, 3.05) is 0 Å². The Morgan fingerprint density at radius 1 is 1.60 bits per heavy atom. The summed E-state index contributed by atoms with van der Waals surface area (Å²) in [5.74, 6) is 0.890. The number of rotatable bonds is 1. The molecule has 0 radical (unpaired) electrons. The highest BCUT2D eigenvalue weighted by molar-refractivity contribution is 9.10. The maximum Gasteiger partial charge on any atom is 0.123 e. The summed E-state index contributed by atoms with van der Waals surface area (Å²) in [5.41, 5.74) is 1.13. The van der Waals surface area contributed by atoms with E-state index in [1.807, 2.05) is 0 Å². The molecule has 1 saturated carbocycles. The van der Waals surface area contributed by atoms with Crippen molar-refractivity contribution in [3.63, 3.8) is 0 Å². The molecular formula is C11H16BrNOS. The van der Waals surface area contributed by atoms with Gasteiger partial charge in [-0.3, -0.25) is 0 Å². The van der Waals surface area contributed by atoms with Crippen LogP contribution >= 0.6 is 27.3 Å². The second-order valence-corrected chi connectivity index (χ2v) is 6.16. The Hall–Kier alpha value is 0.0700. The molecule has 0 saturated heterocycles. The van der Waals surface area contributed by atoms with Gasteiger partial charge in [-0.25, -0.2) is 4.98 Å². The summed E-state index contributed by atoms with van der Waals surface area (Å²) in [7, 11) is 0. The summed E-state index contributed by atoms with van der Waals surface area (Å²) in [5, 5.41) is 10.8. The Balaban J connectivity index is 2.36. The van der Waals surface area contributed by atoms with Crippen molar-refractivity contribution in [2.45, 2.75) is 38.7 Å². The molecule has 1 N–H and O–H groups in total. The zero-order chi connectivity index (χ0) is 11.1. The first-order valence-corrected chi connectivity index (χ1v) is 7.05. The van der Waals surface area contributed by atoms with Crippen LogP contribution in [0.5, 0.6) is 0 Å². The first-order chi connectivity index (χ1) is 7.05. The summed E-state index contributed by atoms with van der Waals surface area (Å²) < 4.78 is 0.816. The monoisotopic (exact) mass is 289 g/mol. The summed E-state index contributed by atoms with van der Waals surface area (Å²) in [6.45, 7) is 4.37. The van der Waals surface area contributed by atoms with E-state index in [-0.39, 0.29) is 0 Å². The minimum absolute atomic E-state index is 0.308. The number of halogens is 1. The molecule has 1 heterocycles. The Morgan fingerprint density at radius 3 is 2.93 bits per heavy atom. The number of aliphatic hydroxyl groups is 1. The van der Waals surface area contributed by atoms with Crippen LogP contribution in [0, 0.1) is 11.8 Å². The summed E-state index contributed by atoms with van der Waals surface area (Å²) in [6.07, 6.45) is 3.19. The van der Waals surface area contributed by atoms with Gasteiger partial charge in [0.1, 0.15) is 10.2 Å². The van der Waals surface area contributed by atoms with Crippen LogP contribution in [-0.4, -0.2) is 10.1 Å². The van der Waals surface area contributed by atoms with Crippen LogP contribution in [0.3, 0.4) is 0 Å². The van der Waals surface area contributed by atoms with E-state index in [9.17, 15) is 5.11 Å². The molecule has 1 aliphatic carbocycles. The molecule has 1 aromatic rings. The standard InChI is InChI=1S/C11H16BrNOS/c1-7-4-3-5-11(14,8(7)2)9-10(12)13-6-15-9/h6-8,14H,3-5H2,1-2H3. The van der Waals surface area contributed by atoms with E-state index in [1.165, 1.54) is 6.42 Å². The first-order valence-electron chi connectivity index (χ1n) is 5.37. The van der Waals surface area contributed by atoms with Gasteiger partial charge in [0.2, 0.25) is 0 Å². The molecule has 84 valence electrons. The molecule has 1 fully saturated rings. The molecule has 0 aromatic carbocycles. The quantitative estimate of drug-likeness (QED) is 0.858. The van der Waals surface area contributed by atoms with Gasteiger partial charge < -0.3 is 5.11 Å². The highest BCUT2D eigenvalue weighted by Crippen LogP contribution is 2.47. The van der Waals surface area contributed by atoms with Crippen molar-refractivity contribution < 1.29 is 5.11 Å². The molecule has 2 rings (SSSR count). The van der Waals surface area contributed by atoms with Gasteiger partial charge in [-0.1, -0.05) is 20.3 Å². The average molecular weight is 290 g/mol. The van der Waals surface area contributed by atoms with Crippen molar-refractivity contribution in [3.8, 4) is 0 Å². The average Bonchev–Trinajstić information content (AvgIpc) is 2.61. The van der Waals surface area contributed by atoms with Crippen molar-refractivity contribution in [1.29, 1.82) is 0 Å². The van der Waals surface area contributed by atoms with Crippen molar-refractivity contribution in [2.24, 2.45) is 11.8 Å². The van der Waals surface area contributed by atoms with Crippen molar-refractivity contribution >= 4 is 27.3 Å². The molecule has 2 nitrogen and oxygen atoms in total. The molecule has 0 bridgehead atoms. The van der Waals surface area contributed by atoms with E-state index in [0.717, 1.165) is 22.3 Å². The zero-order valence-electron chi connectivity index (χ0n) is 9.03. The second kappa shape index (κ2) is 4.15. The minimum atomic E-state index is -0.669. The summed E-state index contributed by atoms with van der Waals surface area (Å²) in [6, 6.07) is 0. The molecule has 3 atom stereocenters. The topological polar surface area (TPSA) is 33.1 Å². The van der Waals surface area contributed by atoms with Gasteiger partial charge in [0, 0.05) is 0 Å². The van der Waals surface area contributed by atoms with Gasteiger partial charge in [-0.15, -0.1) is 11.3 Å². The SMILES string of the molecule is CC1CCCC(O)(c2scnc2Br)C1C. The van der Waals surface area contributed by atoms with Crippen LogP contribution in [0.4, 0.5) is 0 Å². The lowest BCUT2D eigenvalue weighted by atomic mass is 9.70. The van der Waals surface area contributed by atoms with E-state index < -0.39 is 5.60 Å². The predicted molar refractivity (Wildman–Crippen MR) is 65.9 cm³/mol. The molecule has 0 aliphatic heterocycles. The van der Waals surface area contributed by atoms with Gasteiger partial charge in [0.15, 0.2) is 0 Å². The predicted octanol–water partition coefficient (Wildman–Crippen LogP) is 3.55. The van der Waals surface area contributed by atoms with E-state index >= 15 is 0 Å². The maximum absolute atomic E-state index is 10.8. The van der Waals surface area contributed by atoms with Crippen LogP contribution < -0.4 is 0 Å². The van der Waals surface area contributed by atoms with E-state index in [4.69, 9.17) is 0 Å². The summed E-state index contributed by atoms with van der Waals surface area (Å²) in [4.78, 5) is 5.17. The molecule has 1 aromatic heterocycles. The van der Waals surface area contributed by atoms with Crippen LogP contribution in [-0.2, 0) is 5.60 Å². The Bertz CT molecular complexity index is 354. The number of nitrogens with zero attached hydrogens (tertiary/aromatic N) is 1. The Kier molecular flexibility index (Phi) is 3.20. The lowest BCUT2D eigenvalue weighted by Crippen LogP contribution is -2.40. The summed E-state index contributed by atoms with van der Waals surface area (Å²) >= 11 is 4.98. The smallest absolute Gasteiger partial charge is 0.123 e. The first kappa shape index (κ1) is 11.6. The third-order valence-corrected chi connectivity index (χ3v) is 5.60. The van der Waals surface area contributed by atoms with E-state index in [1.54, 1.807) is 16.8 Å². The van der Waals surface area contributed by atoms with E-state index in [2.05, 4.69) is 34.8 Å². The third-order valence-electron chi connectivity index (χ3n) is 3.74. The van der Waals surface area contributed by atoms with E-state index in [0.29, 0.717) is 11.8 Å². The van der Waals surface area contributed by atoms with Gasteiger partial charge >= 0.3 is 0 Å². The highest BCUT2D eigenvalue weighted by Gasteiger charge is 2.43. The third kappa shape index (κ3) is 1.87. The Labute approximate surface area is 103 Å². The number of aromatic nitrogens is 1. The molecule has 0 amide bonds. The molecule has 3 unspecified atom stereocenters. The van der Waals surface area contributed by atoms with Gasteiger partial charge in [-0.2, -0.15) is 0 Å². The fraction of sp³-hybridized carbons (Fsp3) is 0.727. The van der Waals surface area contributed by atoms with Gasteiger partial charge in [0.05, 0.1) is 10.4 Å². The molecular weight excluding hydrogens is 274 g/mol. The second-order valence-electron chi connectivity index (χ2n) is 4.55. The Morgan fingerprint density at radius 2 is 2.33 bits per heavy atom. The molecule has 15 heavy (non-hydrogen) atoms. The zero-order valence-corrected chi connectivity index (χ0v) is 11.4. The van der Waals surface area contributed by atoms with Crippen LogP contribution in [0.2, 0.25) is 0 Å². The van der Waals surface area contributed by atoms with Crippen molar-refractivity contribution in [3.05, 3.63) is 15.0 Å². The number of thiazole rings is 1. The number of hydrogen-bond acceptors (Lipinski definition) is 3. The van der Waals surface area contributed by atoms with Gasteiger partial charge in [0.25, 0.3) is 0 Å². The normalized spacial score (nSPS) is 36.8. The van der Waals surface area contributed by atoms with Crippen LogP contribution in [0.15, 0.2) is 10.1 Å². The lowest BCUT2D eigenvalue weighted by Gasteiger charge is -2.41.